The third kappa shape index (κ3) is 3.97. The average molecular weight is 386 g/mol. The quantitative estimate of drug-likeness (QED) is 0.595. The second kappa shape index (κ2) is 7.80. The van der Waals surface area contributed by atoms with Crippen LogP contribution in [0.2, 0.25) is 0 Å². The van der Waals surface area contributed by atoms with Crippen molar-refractivity contribution in [1.82, 2.24) is 0 Å². The first-order valence-electron chi connectivity index (χ1n) is 9.30. The van der Waals surface area contributed by atoms with Crippen LogP contribution in [0.4, 0.5) is 0 Å². The molecule has 2 unspecified atom stereocenters. The van der Waals surface area contributed by atoms with Gasteiger partial charge in [0.1, 0.15) is 17.1 Å². The maximum absolute atomic E-state index is 12.8. The molecule has 1 N–H and O–H groups in total. The van der Waals surface area contributed by atoms with Crippen molar-refractivity contribution in [3.8, 4) is 5.75 Å². The number of ketones is 1. The van der Waals surface area contributed by atoms with Gasteiger partial charge in [-0.1, -0.05) is 6.08 Å². The molecule has 2 aliphatic rings. The number of methoxy groups -OCH3 is 2. The minimum absolute atomic E-state index is 0.0670. The van der Waals surface area contributed by atoms with Gasteiger partial charge in [-0.3, -0.25) is 9.59 Å². The van der Waals surface area contributed by atoms with E-state index in [1.807, 2.05) is 13.8 Å². The van der Waals surface area contributed by atoms with E-state index in [4.69, 9.17) is 14.2 Å². The summed E-state index contributed by atoms with van der Waals surface area (Å²) in [6.45, 7) is 3.85. The van der Waals surface area contributed by atoms with Crippen molar-refractivity contribution >= 4 is 12.1 Å². The van der Waals surface area contributed by atoms with Gasteiger partial charge in [-0.2, -0.15) is 0 Å². The summed E-state index contributed by atoms with van der Waals surface area (Å²) < 4.78 is 16.5. The smallest absolute Gasteiger partial charge is 0.166 e. The van der Waals surface area contributed by atoms with Gasteiger partial charge >= 0.3 is 0 Å². The highest BCUT2D eigenvalue weighted by molar-refractivity contribution is 5.97. The first-order chi connectivity index (χ1) is 13.3. The highest BCUT2D eigenvalue weighted by Gasteiger charge is 2.33. The van der Waals surface area contributed by atoms with Gasteiger partial charge in [-0.15, -0.1) is 0 Å². The molecule has 0 amide bonds. The topological polar surface area (TPSA) is 82.1 Å². The summed E-state index contributed by atoms with van der Waals surface area (Å²) in [7, 11) is 3.01. The van der Waals surface area contributed by atoms with Gasteiger partial charge in [0.2, 0.25) is 0 Å². The Labute approximate surface area is 164 Å². The standard InChI is InChI=1S/C22H26O6/c1-22(2)11-18(25)16-10-14(5-6-19(16)28-22)17(24)8-13-7-15(12-23)21(27-4)20(9-13)26-3/h5-7,10,12-13,18,25H,8-9,11H2,1-4H3. The van der Waals surface area contributed by atoms with E-state index in [1.54, 1.807) is 24.3 Å². The molecule has 1 aliphatic carbocycles. The zero-order chi connectivity index (χ0) is 20.5. The van der Waals surface area contributed by atoms with Crippen molar-refractivity contribution in [1.29, 1.82) is 0 Å². The summed E-state index contributed by atoms with van der Waals surface area (Å²) in [5.41, 5.74) is 1.09. The van der Waals surface area contributed by atoms with E-state index in [9.17, 15) is 14.7 Å². The van der Waals surface area contributed by atoms with Crippen molar-refractivity contribution in [2.75, 3.05) is 14.2 Å². The summed E-state index contributed by atoms with van der Waals surface area (Å²) in [6, 6.07) is 5.16. The molecule has 0 spiro atoms. The number of aliphatic hydroxyl groups excluding tert-OH is 1. The van der Waals surface area contributed by atoms with Gasteiger partial charge in [-0.25, -0.2) is 0 Å². The largest absolute Gasteiger partial charge is 0.497 e. The summed E-state index contributed by atoms with van der Waals surface area (Å²) in [6.07, 6.45) is 2.97. The molecule has 6 nitrogen and oxygen atoms in total. The van der Waals surface area contributed by atoms with Crippen molar-refractivity contribution in [3.63, 3.8) is 0 Å². The van der Waals surface area contributed by atoms with E-state index in [-0.39, 0.29) is 18.1 Å². The highest BCUT2D eigenvalue weighted by atomic mass is 16.5. The molecular weight excluding hydrogens is 360 g/mol. The number of aliphatic hydroxyl groups is 1. The number of benzene rings is 1. The Bertz CT molecular complexity index is 849. The molecular formula is C22H26O6. The third-order valence-electron chi connectivity index (χ3n) is 5.17. The van der Waals surface area contributed by atoms with Gasteiger partial charge in [-0.05, 0) is 38.0 Å². The molecule has 1 aromatic carbocycles. The van der Waals surface area contributed by atoms with Gasteiger partial charge in [0.15, 0.2) is 17.8 Å². The highest BCUT2D eigenvalue weighted by Crippen LogP contribution is 2.40. The predicted octanol–water partition coefficient (Wildman–Crippen LogP) is 3.50. The van der Waals surface area contributed by atoms with E-state index in [2.05, 4.69) is 0 Å². The SMILES string of the molecule is COC1=C(OC)C(C=O)=CC(CC(=O)c2ccc3c(c2)C(O)CC(C)(C)O3)C1. The molecule has 1 aliphatic heterocycles. The molecule has 3 rings (SSSR count). The van der Waals surface area contributed by atoms with Crippen LogP contribution in [0.5, 0.6) is 5.75 Å². The van der Waals surface area contributed by atoms with Crippen LogP contribution in [-0.2, 0) is 14.3 Å². The molecule has 6 heteroatoms. The molecule has 0 fully saturated rings. The first kappa shape index (κ1) is 20.1. The van der Waals surface area contributed by atoms with Gasteiger partial charge in [0, 0.05) is 30.4 Å². The minimum Gasteiger partial charge on any atom is -0.497 e. The Morgan fingerprint density at radius 3 is 2.71 bits per heavy atom. The van der Waals surface area contributed by atoms with Crippen LogP contribution in [0.1, 0.15) is 55.1 Å². The number of carbonyl (C=O) groups is 2. The maximum Gasteiger partial charge on any atom is 0.166 e. The summed E-state index contributed by atoms with van der Waals surface area (Å²) >= 11 is 0. The lowest BCUT2D eigenvalue weighted by Gasteiger charge is -2.35. The Kier molecular flexibility index (Phi) is 5.61. The van der Waals surface area contributed by atoms with E-state index in [0.717, 1.165) is 0 Å². The third-order valence-corrected chi connectivity index (χ3v) is 5.17. The van der Waals surface area contributed by atoms with Crippen LogP contribution in [0.15, 0.2) is 41.4 Å². The molecule has 28 heavy (non-hydrogen) atoms. The number of allylic oxidation sites excluding steroid dienone is 3. The zero-order valence-electron chi connectivity index (χ0n) is 16.7. The molecule has 0 bridgehead atoms. The number of fused-ring (bicyclic) bond motifs is 1. The molecule has 0 saturated heterocycles. The Balaban J connectivity index is 1.79. The molecule has 0 radical (unpaired) electrons. The van der Waals surface area contributed by atoms with Crippen LogP contribution in [-0.4, -0.2) is 37.0 Å². The Morgan fingerprint density at radius 1 is 1.32 bits per heavy atom. The number of hydrogen-bond acceptors (Lipinski definition) is 6. The van der Waals surface area contributed by atoms with Gasteiger partial charge in [0.25, 0.3) is 0 Å². The van der Waals surface area contributed by atoms with E-state index < -0.39 is 11.7 Å². The second-order valence-electron chi connectivity index (χ2n) is 7.83. The molecule has 1 heterocycles. The van der Waals surface area contributed by atoms with Crippen LogP contribution in [0, 0.1) is 5.92 Å². The fourth-order valence-corrected chi connectivity index (χ4v) is 3.86. The van der Waals surface area contributed by atoms with Gasteiger partial charge in [0.05, 0.1) is 25.9 Å². The predicted molar refractivity (Wildman–Crippen MR) is 103 cm³/mol. The van der Waals surface area contributed by atoms with Gasteiger partial charge < -0.3 is 19.3 Å². The number of carbonyl (C=O) groups excluding carboxylic acids is 2. The number of rotatable bonds is 6. The van der Waals surface area contributed by atoms with Crippen LogP contribution >= 0.6 is 0 Å². The van der Waals surface area contributed by atoms with Crippen LogP contribution < -0.4 is 4.74 Å². The summed E-state index contributed by atoms with van der Waals surface area (Å²) in [5, 5.41) is 10.4. The Hall–Kier alpha value is -2.60. The lowest BCUT2D eigenvalue weighted by molar-refractivity contribution is -0.105. The normalized spacial score (nSPS) is 23.2. The number of ether oxygens (including phenoxy) is 3. The lowest BCUT2D eigenvalue weighted by atomic mass is 9.86. The van der Waals surface area contributed by atoms with Crippen molar-refractivity contribution in [2.45, 2.75) is 44.8 Å². The molecule has 150 valence electrons. The fourth-order valence-electron chi connectivity index (χ4n) is 3.86. The molecule has 1 aromatic rings. The van der Waals surface area contributed by atoms with Crippen LogP contribution in [0.3, 0.4) is 0 Å². The molecule has 2 atom stereocenters. The van der Waals surface area contributed by atoms with E-state index in [1.165, 1.54) is 14.2 Å². The zero-order valence-corrected chi connectivity index (χ0v) is 16.7. The van der Waals surface area contributed by atoms with E-state index >= 15 is 0 Å². The summed E-state index contributed by atoms with van der Waals surface area (Å²) in [4.78, 5) is 24.2. The monoisotopic (exact) mass is 386 g/mol. The van der Waals surface area contributed by atoms with Crippen LogP contribution in [0.25, 0.3) is 0 Å². The molecule has 0 saturated carbocycles. The maximum atomic E-state index is 12.8. The first-order valence-corrected chi connectivity index (χ1v) is 9.30. The fraction of sp³-hybridized carbons (Fsp3) is 0.455. The Morgan fingerprint density at radius 2 is 2.07 bits per heavy atom. The number of Topliss-reactive ketones (excluding diaryl/α,β-unsaturated/α-hetero) is 1. The lowest BCUT2D eigenvalue weighted by Crippen LogP contribution is -2.34. The molecule has 0 aromatic heterocycles. The van der Waals surface area contributed by atoms with E-state index in [0.29, 0.717) is 53.1 Å². The number of hydrogen-bond donors (Lipinski definition) is 1. The summed E-state index contributed by atoms with van der Waals surface area (Å²) in [5.74, 6) is 1.34. The van der Waals surface area contributed by atoms with Crippen molar-refractivity contribution < 1.29 is 28.9 Å². The number of aldehydes is 1. The average Bonchev–Trinajstić information content (AvgIpc) is 2.65. The van der Waals surface area contributed by atoms with Crippen molar-refractivity contribution in [3.05, 3.63) is 52.5 Å². The van der Waals surface area contributed by atoms with Crippen molar-refractivity contribution in [2.24, 2.45) is 5.92 Å². The second-order valence-corrected chi connectivity index (χ2v) is 7.83. The minimum atomic E-state index is -0.671.